The lowest BCUT2D eigenvalue weighted by molar-refractivity contribution is -0.160. The fourth-order valence-corrected chi connectivity index (χ4v) is 4.63. The fraction of sp³-hybridized carbons (Fsp3) is 0.214. The number of carboxylic acids is 1. The molecule has 0 saturated carbocycles. The van der Waals surface area contributed by atoms with Gasteiger partial charge in [-0.1, -0.05) is 48.0 Å². The minimum absolute atomic E-state index is 0.108. The van der Waals surface area contributed by atoms with Crippen molar-refractivity contribution < 1.29 is 33.8 Å². The Morgan fingerprint density at radius 2 is 1.64 bits per heavy atom. The van der Waals surface area contributed by atoms with Gasteiger partial charge in [0, 0.05) is 17.0 Å². The highest BCUT2D eigenvalue weighted by atomic mass is 16.5. The first-order chi connectivity index (χ1) is 17.2. The molecule has 8 heteroatoms. The summed E-state index contributed by atoms with van der Waals surface area (Å²) >= 11 is 0. The van der Waals surface area contributed by atoms with Crippen LogP contribution in [0.3, 0.4) is 0 Å². The molecule has 0 fully saturated rings. The number of hydrogen-bond donors (Lipinski definition) is 2. The molecule has 1 aliphatic heterocycles. The molecule has 0 aliphatic carbocycles. The number of hydrogen-bond acceptors (Lipinski definition) is 6. The first-order valence-corrected chi connectivity index (χ1v) is 11.3. The normalized spacial score (nSPS) is 19.4. The molecule has 0 spiro atoms. The van der Waals surface area contributed by atoms with Crippen LogP contribution in [0.15, 0.2) is 72.8 Å². The van der Waals surface area contributed by atoms with E-state index in [0.717, 1.165) is 5.56 Å². The van der Waals surface area contributed by atoms with E-state index in [9.17, 15) is 24.3 Å². The third kappa shape index (κ3) is 4.22. The minimum atomic E-state index is -2.58. The van der Waals surface area contributed by atoms with Gasteiger partial charge in [-0.2, -0.15) is 0 Å². The lowest BCUT2D eigenvalue weighted by Gasteiger charge is -2.43. The molecule has 3 aromatic carbocycles. The Balaban J connectivity index is 1.92. The number of fused-ring (bicyclic) bond motifs is 1. The number of rotatable bonds is 7. The van der Waals surface area contributed by atoms with Gasteiger partial charge in [0.1, 0.15) is 17.3 Å². The number of benzene rings is 3. The van der Waals surface area contributed by atoms with Gasteiger partial charge >= 0.3 is 11.9 Å². The van der Waals surface area contributed by atoms with E-state index in [1.807, 2.05) is 6.92 Å². The lowest BCUT2D eigenvalue weighted by atomic mass is 9.66. The van der Waals surface area contributed by atoms with Crippen LogP contribution in [0.2, 0.25) is 0 Å². The maximum absolute atomic E-state index is 13.5. The van der Waals surface area contributed by atoms with Gasteiger partial charge in [0.2, 0.25) is 5.54 Å². The third-order valence-corrected chi connectivity index (χ3v) is 6.45. The van der Waals surface area contributed by atoms with Gasteiger partial charge in [0.05, 0.1) is 13.0 Å². The molecule has 2 N–H and O–H groups in total. The van der Waals surface area contributed by atoms with Crippen molar-refractivity contribution >= 4 is 23.6 Å². The van der Waals surface area contributed by atoms with Crippen molar-refractivity contribution in [3.05, 3.63) is 95.1 Å². The summed E-state index contributed by atoms with van der Waals surface area (Å²) in [6.45, 7) is 3.22. The second-order valence-corrected chi connectivity index (χ2v) is 8.70. The summed E-state index contributed by atoms with van der Waals surface area (Å²) in [7, 11) is 1.47. The summed E-state index contributed by atoms with van der Waals surface area (Å²) < 4.78 is 10.5. The molecular formula is C28H25NO7. The van der Waals surface area contributed by atoms with Crippen LogP contribution in [0, 0.1) is 6.92 Å². The number of aryl methyl sites for hydroxylation is 1. The quantitative estimate of drug-likeness (QED) is 0.297. The number of para-hydroxylation sites is 1. The number of ketones is 1. The van der Waals surface area contributed by atoms with Gasteiger partial charge in [-0.3, -0.25) is 9.59 Å². The number of carbonyl (C=O) groups is 4. The van der Waals surface area contributed by atoms with E-state index in [1.165, 1.54) is 32.2 Å². The van der Waals surface area contributed by atoms with Crippen molar-refractivity contribution in [2.75, 3.05) is 7.11 Å². The summed E-state index contributed by atoms with van der Waals surface area (Å²) in [4.78, 5) is 52.8. The molecule has 0 bridgehead atoms. The van der Waals surface area contributed by atoms with Crippen molar-refractivity contribution in [1.29, 1.82) is 0 Å². The Morgan fingerprint density at radius 1 is 1.00 bits per heavy atom. The summed E-state index contributed by atoms with van der Waals surface area (Å²) in [6, 6.07) is 19.5. The molecule has 3 atom stereocenters. The summed E-state index contributed by atoms with van der Waals surface area (Å²) in [5.41, 5.74) is -0.673. The Hall–Kier alpha value is -4.46. The highest BCUT2D eigenvalue weighted by Crippen LogP contribution is 2.49. The number of esters is 1. The first kappa shape index (κ1) is 24.7. The second kappa shape index (κ2) is 9.65. The van der Waals surface area contributed by atoms with Crippen LogP contribution in [0.25, 0.3) is 0 Å². The van der Waals surface area contributed by atoms with Crippen molar-refractivity contribution in [2.24, 2.45) is 0 Å². The van der Waals surface area contributed by atoms with Gasteiger partial charge < -0.3 is 19.9 Å². The van der Waals surface area contributed by atoms with Crippen LogP contribution in [-0.2, 0) is 14.4 Å². The van der Waals surface area contributed by atoms with Crippen molar-refractivity contribution in [1.82, 2.24) is 5.32 Å². The molecule has 1 heterocycles. The highest BCUT2D eigenvalue weighted by Gasteiger charge is 2.62. The van der Waals surface area contributed by atoms with E-state index in [-0.39, 0.29) is 17.1 Å². The van der Waals surface area contributed by atoms with Crippen LogP contribution in [-0.4, -0.2) is 41.4 Å². The van der Waals surface area contributed by atoms with Crippen molar-refractivity contribution in [3.63, 3.8) is 0 Å². The molecule has 36 heavy (non-hydrogen) atoms. The van der Waals surface area contributed by atoms with Crippen molar-refractivity contribution in [2.45, 2.75) is 31.2 Å². The summed E-state index contributed by atoms with van der Waals surface area (Å²) in [6.07, 6.45) is 0. The SMILES string of the molecule is COc1ccc(C(=O)NC2(C(=O)O)C(=O)Oc3ccccc3C2C(C(C)=O)c2ccc(C)cc2)cc1. The average molecular weight is 488 g/mol. The number of methoxy groups -OCH3 is 1. The van der Waals surface area contributed by atoms with Crippen LogP contribution in [0.5, 0.6) is 11.5 Å². The van der Waals surface area contributed by atoms with Crippen LogP contribution in [0.4, 0.5) is 0 Å². The van der Waals surface area contributed by atoms with Gasteiger partial charge in [0.25, 0.3) is 5.91 Å². The topological polar surface area (TPSA) is 119 Å². The molecule has 4 rings (SSSR count). The molecular weight excluding hydrogens is 462 g/mol. The first-order valence-electron chi connectivity index (χ1n) is 11.3. The molecule has 1 aliphatic rings. The smallest absolute Gasteiger partial charge is 0.349 e. The summed E-state index contributed by atoms with van der Waals surface area (Å²) in [5.74, 6) is -5.70. The number of amides is 1. The zero-order valence-electron chi connectivity index (χ0n) is 20.0. The Morgan fingerprint density at radius 3 is 2.22 bits per heavy atom. The van der Waals surface area contributed by atoms with Gasteiger partial charge in [-0.25, -0.2) is 9.59 Å². The van der Waals surface area contributed by atoms with E-state index < -0.39 is 35.2 Å². The Bertz CT molecular complexity index is 1330. The number of Topliss-reactive ketones (excluding diaryl/α,β-unsaturated/α-hetero) is 1. The van der Waals surface area contributed by atoms with Gasteiger partial charge in [0.15, 0.2) is 0 Å². The largest absolute Gasteiger partial charge is 0.497 e. The fourth-order valence-electron chi connectivity index (χ4n) is 4.63. The van der Waals surface area contributed by atoms with Crippen LogP contribution < -0.4 is 14.8 Å². The second-order valence-electron chi connectivity index (χ2n) is 8.70. The van der Waals surface area contributed by atoms with Gasteiger partial charge in [-0.15, -0.1) is 0 Å². The van der Waals surface area contributed by atoms with E-state index in [2.05, 4.69) is 5.32 Å². The highest BCUT2D eigenvalue weighted by molar-refractivity contribution is 6.13. The molecule has 184 valence electrons. The third-order valence-electron chi connectivity index (χ3n) is 6.45. The molecule has 0 radical (unpaired) electrons. The number of carboxylic acid groups (broad SMARTS) is 1. The monoisotopic (exact) mass is 487 g/mol. The van der Waals surface area contributed by atoms with Crippen LogP contribution in [0.1, 0.15) is 45.8 Å². The minimum Gasteiger partial charge on any atom is -0.497 e. The zero-order chi connectivity index (χ0) is 26.0. The lowest BCUT2D eigenvalue weighted by Crippen LogP contribution is -2.67. The van der Waals surface area contributed by atoms with E-state index in [4.69, 9.17) is 9.47 Å². The van der Waals surface area contributed by atoms with Gasteiger partial charge in [-0.05, 0) is 49.7 Å². The molecule has 3 aromatic rings. The number of aliphatic carboxylic acids is 1. The molecule has 0 saturated heterocycles. The standard InChI is InChI=1S/C28H25NO7/c1-16-8-10-18(11-9-16)23(17(2)30)24-21-6-4-5-7-22(21)36-27(34)28(24,26(32)33)29-25(31)19-12-14-20(35-3)15-13-19/h4-15,23-24H,1-3H3,(H,29,31)(H,32,33). The molecule has 8 nitrogen and oxygen atoms in total. The van der Waals surface area contributed by atoms with E-state index in [0.29, 0.717) is 16.9 Å². The summed E-state index contributed by atoms with van der Waals surface area (Å²) in [5, 5.41) is 12.9. The van der Waals surface area contributed by atoms with Crippen molar-refractivity contribution in [3.8, 4) is 11.5 Å². The van der Waals surface area contributed by atoms with E-state index in [1.54, 1.807) is 54.6 Å². The zero-order valence-corrected chi connectivity index (χ0v) is 20.0. The number of carbonyl (C=O) groups excluding carboxylic acids is 3. The predicted molar refractivity (Wildman–Crippen MR) is 130 cm³/mol. The van der Waals surface area contributed by atoms with Crippen LogP contribution >= 0.6 is 0 Å². The maximum atomic E-state index is 13.5. The molecule has 1 amide bonds. The maximum Gasteiger partial charge on any atom is 0.349 e. The van der Waals surface area contributed by atoms with E-state index >= 15 is 0 Å². The Kier molecular flexibility index (Phi) is 6.61. The number of nitrogens with one attached hydrogen (secondary N) is 1. The molecule has 0 aromatic heterocycles. The number of ether oxygens (including phenoxy) is 2. The Labute approximate surface area is 207 Å². The molecule has 3 unspecified atom stereocenters. The average Bonchev–Trinajstić information content (AvgIpc) is 2.86. The predicted octanol–water partition coefficient (Wildman–Crippen LogP) is 3.63.